The quantitative estimate of drug-likeness (QED) is 0.920. The van der Waals surface area contributed by atoms with Crippen molar-refractivity contribution >= 4 is 15.9 Å². The predicted octanol–water partition coefficient (Wildman–Crippen LogP) is 2.40. The molecule has 2 heterocycles. The van der Waals surface area contributed by atoms with Gasteiger partial charge in [-0.25, -0.2) is 0 Å². The number of halogens is 1. The first-order valence-corrected chi connectivity index (χ1v) is 7.91. The molecule has 4 heteroatoms. The SMILES string of the molecule is Brc1cccc(CNCC2CN3CCCC3CO2)c1. The summed E-state index contributed by atoms with van der Waals surface area (Å²) in [6, 6.07) is 9.14. The van der Waals surface area contributed by atoms with E-state index < -0.39 is 0 Å². The van der Waals surface area contributed by atoms with Crippen LogP contribution in [0.4, 0.5) is 0 Å². The molecule has 1 aromatic carbocycles. The van der Waals surface area contributed by atoms with Crippen LogP contribution in [0.5, 0.6) is 0 Å². The van der Waals surface area contributed by atoms with Gasteiger partial charge in [0.05, 0.1) is 12.7 Å². The molecule has 0 saturated carbocycles. The second-order valence-corrected chi connectivity index (χ2v) is 6.42. The summed E-state index contributed by atoms with van der Waals surface area (Å²) in [5.41, 5.74) is 1.31. The van der Waals surface area contributed by atoms with Gasteiger partial charge in [-0.05, 0) is 37.1 Å². The standard InChI is InChI=1S/C15H21BrN2O/c16-13-4-1-3-12(7-13)8-17-9-15-10-18-6-2-5-14(18)11-19-15/h1,3-4,7,14-15,17H,2,5-6,8-11H2. The van der Waals surface area contributed by atoms with Crippen LogP contribution >= 0.6 is 15.9 Å². The molecule has 1 aromatic rings. The van der Waals surface area contributed by atoms with Crippen LogP contribution in [-0.4, -0.2) is 43.3 Å². The first kappa shape index (κ1) is 13.6. The summed E-state index contributed by atoms with van der Waals surface area (Å²) in [7, 11) is 0. The molecule has 19 heavy (non-hydrogen) atoms. The molecule has 2 saturated heterocycles. The van der Waals surface area contributed by atoms with Gasteiger partial charge in [0.2, 0.25) is 0 Å². The van der Waals surface area contributed by atoms with Gasteiger partial charge >= 0.3 is 0 Å². The predicted molar refractivity (Wildman–Crippen MR) is 80.2 cm³/mol. The highest BCUT2D eigenvalue weighted by molar-refractivity contribution is 9.10. The second kappa shape index (κ2) is 6.35. The molecular formula is C15H21BrN2O. The van der Waals surface area contributed by atoms with E-state index in [2.05, 4.69) is 50.4 Å². The molecule has 0 amide bonds. The van der Waals surface area contributed by atoms with Crippen molar-refractivity contribution in [3.8, 4) is 0 Å². The summed E-state index contributed by atoms with van der Waals surface area (Å²) >= 11 is 3.50. The van der Waals surface area contributed by atoms with Crippen molar-refractivity contribution in [2.24, 2.45) is 0 Å². The van der Waals surface area contributed by atoms with Crippen LogP contribution in [0.15, 0.2) is 28.7 Å². The van der Waals surface area contributed by atoms with Crippen LogP contribution in [0, 0.1) is 0 Å². The largest absolute Gasteiger partial charge is 0.374 e. The number of rotatable bonds is 4. The van der Waals surface area contributed by atoms with E-state index >= 15 is 0 Å². The summed E-state index contributed by atoms with van der Waals surface area (Å²) in [6.07, 6.45) is 3.01. The summed E-state index contributed by atoms with van der Waals surface area (Å²) in [6.45, 7) is 5.12. The Labute approximate surface area is 123 Å². The van der Waals surface area contributed by atoms with E-state index in [4.69, 9.17) is 4.74 Å². The molecular weight excluding hydrogens is 304 g/mol. The summed E-state index contributed by atoms with van der Waals surface area (Å²) in [5.74, 6) is 0. The van der Waals surface area contributed by atoms with E-state index in [0.717, 1.165) is 30.7 Å². The van der Waals surface area contributed by atoms with Crippen molar-refractivity contribution < 1.29 is 4.74 Å². The molecule has 3 rings (SSSR count). The van der Waals surface area contributed by atoms with Gasteiger partial charge in [0.15, 0.2) is 0 Å². The van der Waals surface area contributed by atoms with Crippen molar-refractivity contribution in [1.29, 1.82) is 0 Å². The topological polar surface area (TPSA) is 24.5 Å². The first-order valence-electron chi connectivity index (χ1n) is 7.12. The molecule has 0 radical (unpaired) electrons. The van der Waals surface area contributed by atoms with Gasteiger partial charge in [-0.3, -0.25) is 4.90 Å². The molecule has 0 aromatic heterocycles. The maximum absolute atomic E-state index is 5.94. The third kappa shape index (κ3) is 3.57. The molecule has 0 spiro atoms. The van der Waals surface area contributed by atoms with Gasteiger partial charge in [-0.15, -0.1) is 0 Å². The zero-order chi connectivity index (χ0) is 13.1. The minimum Gasteiger partial charge on any atom is -0.374 e. The van der Waals surface area contributed by atoms with Crippen molar-refractivity contribution in [2.75, 3.05) is 26.2 Å². The van der Waals surface area contributed by atoms with Crippen LogP contribution in [0.2, 0.25) is 0 Å². The van der Waals surface area contributed by atoms with E-state index in [9.17, 15) is 0 Å². The molecule has 104 valence electrons. The Kier molecular flexibility index (Phi) is 4.53. The van der Waals surface area contributed by atoms with Crippen LogP contribution < -0.4 is 5.32 Å². The minimum atomic E-state index is 0.349. The monoisotopic (exact) mass is 324 g/mol. The Bertz CT molecular complexity index is 426. The van der Waals surface area contributed by atoms with Crippen molar-refractivity contribution in [3.63, 3.8) is 0 Å². The van der Waals surface area contributed by atoms with Crippen molar-refractivity contribution in [2.45, 2.75) is 31.5 Å². The van der Waals surface area contributed by atoms with Gasteiger partial charge in [-0.1, -0.05) is 28.1 Å². The maximum atomic E-state index is 5.94. The highest BCUT2D eigenvalue weighted by Crippen LogP contribution is 2.22. The number of benzene rings is 1. The normalized spacial score (nSPS) is 27.4. The van der Waals surface area contributed by atoms with Crippen LogP contribution in [0.3, 0.4) is 0 Å². The number of fused-ring (bicyclic) bond motifs is 1. The van der Waals surface area contributed by atoms with E-state index in [1.165, 1.54) is 24.9 Å². The fourth-order valence-corrected chi connectivity index (χ4v) is 3.48. The summed E-state index contributed by atoms with van der Waals surface area (Å²) in [4.78, 5) is 2.59. The molecule has 0 bridgehead atoms. The first-order chi connectivity index (χ1) is 9.31. The Hall–Kier alpha value is -0.420. The molecule has 1 N–H and O–H groups in total. The molecule has 2 atom stereocenters. The average Bonchev–Trinajstić information content (AvgIpc) is 2.86. The number of nitrogens with zero attached hydrogens (tertiary/aromatic N) is 1. The average molecular weight is 325 g/mol. The number of nitrogens with one attached hydrogen (secondary N) is 1. The van der Waals surface area contributed by atoms with Gasteiger partial charge < -0.3 is 10.1 Å². The smallest absolute Gasteiger partial charge is 0.0827 e. The highest BCUT2D eigenvalue weighted by Gasteiger charge is 2.31. The van der Waals surface area contributed by atoms with Gasteiger partial charge in [0, 0.05) is 30.1 Å². The highest BCUT2D eigenvalue weighted by atomic mass is 79.9. The zero-order valence-electron chi connectivity index (χ0n) is 11.1. The van der Waals surface area contributed by atoms with E-state index in [1.807, 2.05) is 0 Å². The fourth-order valence-electron chi connectivity index (χ4n) is 3.03. The Morgan fingerprint density at radius 3 is 3.26 bits per heavy atom. The van der Waals surface area contributed by atoms with Gasteiger partial charge in [0.25, 0.3) is 0 Å². The third-order valence-electron chi connectivity index (χ3n) is 4.05. The molecule has 2 aliphatic rings. The lowest BCUT2D eigenvalue weighted by atomic mass is 10.2. The van der Waals surface area contributed by atoms with Crippen LogP contribution in [0.25, 0.3) is 0 Å². The molecule has 0 aliphatic carbocycles. The third-order valence-corrected chi connectivity index (χ3v) is 4.54. The van der Waals surface area contributed by atoms with E-state index in [-0.39, 0.29) is 0 Å². The van der Waals surface area contributed by atoms with Crippen LogP contribution in [-0.2, 0) is 11.3 Å². The van der Waals surface area contributed by atoms with Crippen molar-refractivity contribution in [3.05, 3.63) is 34.3 Å². The lowest BCUT2D eigenvalue weighted by Gasteiger charge is -2.35. The lowest BCUT2D eigenvalue weighted by Crippen LogP contribution is -2.49. The molecule has 2 unspecified atom stereocenters. The molecule has 2 aliphatic heterocycles. The lowest BCUT2D eigenvalue weighted by molar-refractivity contribution is -0.0470. The number of morpholine rings is 1. The van der Waals surface area contributed by atoms with Gasteiger partial charge in [-0.2, -0.15) is 0 Å². The molecule has 3 nitrogen and oxygen atoms in total. The van der Waals surface area contributed by atoms with Crippen molar-refractivity contribution in [1.82, 2.24) is 10.2 Å². The fraction of sp³-hybridized carbons (Fsp3) is 0.600. The van der Waals surface area contributed by atoms with Gasteiger partial charge in [0.1, 0.15) is 0 Å². The Balaban J connectivity index is 1.43. The number of ether oxygens (including phenoxy) is 1. The molecule has 2 fully saturated rings. The number of hydrogen-bond donors (Lipinski definition) is 1. The van der Waals surface area contributed by atoms with Crippen LogP contribution in [0.1, 0.15) is 18.4 Å². The Morgan fingerprint density at radius 2 is 2.37 bits per heavy atom. The second-order valence-electron chi connectivity index (χ2n) is 5.51. The summed E-state index contributed by atoms with van der Waals surface area (Å²) < 4.78 is 7.08. The van der Waals surface area contributed by atoms with E-state index in [0.29, 0.717) is 12.1 Å². The Morgan fingerprint density at radius 1 is 1.42 bits per heavy atom. The maximum Gasteiger partial charge on any atom is 0.0827 e. The zero-order valence-corrected chi connectivity index (χ0v) is 12.7. The van der Waals surface area contributed by atoms with E-state index in [1.54, 1.807) is 0 Å². The number of hydrogen-bond acceptors (Lipinski definition) is 3. The summed E-state index contributed by atoms with van der Waals surface area (Å²) in [5, 5.41) is 3.51. The minimum absolute atomic E-state index is 0.349.